The maximum absolute atomic E-state index is 11.5. The lowest BCUT2D eigenvalue weighted by Gasteiger charge is -2.19. The molecule has 0 unspecified atom stereocenters. The zero-order chi connectivity index (χ0) is 17.8. The average Bonchev–Trinajstić information content (AvgIpc) is 2.51. The third-order valence-electron chi connectivity index (χ3n) is 2.79. The molecule has 1 aromatic rings. The van der Waals surface area contributed by atoms with E-state index in [0.717, 1.165) is 24.6 Å². The molecule has 24 heavy (non-hydrogen) atoms. The number of carbonyl (C=O) groups excluding carboxylic acids is 1. The molecule has 1 aromatic heterocycles. The molecule has 0 radical (unpaired) electrons. The van der Waals surface area contributed by atoms with Crippen molar-refractivity contribution < 1.29 is 9.53 Å². The van der Waals surface area contributed by atoms with Crippen molar-refractivity contribution in [2.75, 3.05) is 26.2 Å². The summed E-state index contributed by atoms with van der Waals surface area (Å²) < 4.78 is 5.18. The van der Waals surface area contributed by atoms with Crippen LogP contribution in [0, 0.1) is 0 Å². The van der Waals surface area contributed by atoms with Crippen molar-refractivity contribution in [1.29, 1.82) is 0 Å². The number of pyridine rings is 1. The average molecular weight is 335 g/mol. The molecule has 1 heterocycles. The Morgan fingerprint density at radius 3 is 2.58 bits per heavy atom. The number of aliphatic imine (C=N–C) groups is 1. The van der Waals surface area contributed by atoms with Crippen LogP contribution in [0.2, 0.25) is 0 Å². The molecule has 3 N–H and O–H groups in total. The molecular weight excluding hydrogens is 306 g/mol. The van der Waals surface area contributed by atoms with Crippen molar-refractivity contribution in [2.45, 2.75) is 39.7 Å². The van der Waals surface area contributed by atoms with E-state index < -0.39 is 11.7 Å². The summed E-state index contributed by atoms with van der Waals surface area (Å²) in [5.41, 5.74) is 0.531. The number of aromatic nitrogens is 1. The van der Waals surface area contributed by atoms with Gasteiger partial charge in [-0.1, -0.05) is 6.07 Å². The van der Waals surface area contributed by atoms with E-state index in [-0.39, 0.29) is 0 Å². The Hall–Kier alpha value is -2.31. The molecule has 0 aliphatic rings. The molecule has 0 aliphatic heterocycles. The van der Waals surface area contributed by atoms with Crippen molar-refractivity contribution in [3.8, 4) is 0 Å². The van der Waals surface area contributed by atoms with Crippen LogP contribution in [0.25, 0.3) is 0 Å². The first kappa shape index (κ1) is 19.7. The molecular formula is C17H29N5O2. The van der Waals surface area contributed by atoms with Crippen LogP contribution < -0.4 is 16.0 Å². The van der Waals surface area contributed by atoms with Gasteiger partial charge in [0.2, 0.25) is 0 Å². The minimum absolute atomic E-state index is 0.415. The predicted molar refractivity (Wildman–Crippen MR) is 96.2 cm³/mol. The molecule has 1 amide bonds. The highest BCUT2D eigenvalue weighted by molar-refractivity contribution is 5.79. The maximum atomic E-state index is 11.5. The van der Waals surface area contributed by atoms with E-state index in [1.165, 1.54) is 0 Å². The van der Waals surface area contributed by atoms with Gasteiger partial charge in [0.1, 0.15) is 5.60 Å². The van der Waals surface area contributed by atoms with E-state index >= 15 is 0 Å². The Bertz CT molecular complexity index is 511. The van der Waals surface area contributed by atoms with Crippen LogP contribution in [-0.2, 0) is 11.2 Å². The summed E-state index contributed by atoms with van der Waals surface area (Å²) in [6, 6.07) is 5.86. The number of nitrogens with one attached hydrogen (secondary N) is 3. The van der Waals surface area contributed by atoms with Crippen LogP contribution in [-0.4, -0.2) is 48.8 Å². The minimum atomic E-state index is -0.487. The van der Waals surface area contributed by atoms with E-state index in [2.05, 4.69) is 25.9 Å². The van der Waals surface area contributed by atoms with Crippen LogP contribution >= 0.6 is 0 Å². The third-order valence-corrected chi connectivity index (χ3v) is 2.79. The molecule has 0 saturated carbocycles. The summed E-state index contributed by atoms with van der Waals surface area (Å²) in [6.07, 6.45) is 2.15. The van der Waals surface area contributed by atoms with Gasteiger partial charge in [-0.05, 0) is 39.8 Å². The molecule has 134 valence electrons. The molecule has 0 fully saturated rings. The number of rotatable bonds is 7. The van der Waals surface area contributed by atoms with E-state index in [1.807, 2.05) is 45.9 Å². The zero-order valence-electron chi connectivity index (χ0n) is 15.1. The molecule has 0 atom stereocenters. The molecule has 0 spiro atoms. The van der Waals surface area contributed by atoms with Gasteiger partial charge in [0, 0.05) is 44.5 Å². The number of nitrogens with zero attached hydrogens (tertiary/aromatic N) is 2. The largest absolute Gasteiger partial charge is 0.444 e. The van der Waals surface area contributed by atoms with Gasteiger partial charge in [0.05, 0.1) is 0 Å². The number of carbonyl (C=O) groups is 1. The summed E-state index contributed by atoms with van der Waals surface area (Å²) in [6.45, 7) is 9.96. The van der Waals surface area contributed by atoms with Crippen LogP contribution in [0.4, 0.5) is 4.79 Å². The van der Waals surface area contributed by atoms with Gasteiger partial charge < -0.3 is 20.7 Å². The topological polar surface area (TPSA) is 87.6 Å². The number of hydrogen-bond acceptors (Lipinski definition) is 4. The lowest BCUT2D eigenvalue weighted by atomic mass is 10.2. The maximum Gasteiger partial charge on any atom is 0.407 e. The van der Waals surface area contributed by atoms with Crippen LogP contribution in [0.3, 0.4) is 0 Å². The van der Waals surface area contributed by atoms with Crippen LogP contribution in [0.5, 0.6) is 0 Å². The highest BCUT2D eigenvalue weighted by atomic mass is 16.6. The first-order valence-electron chi connectivity index (χ1n) is 8.29. The van der Waals surface area contributed by atoms with Crippen molar-refractivity contribution in [2.24, 2.45) is 4.99 Å². The molecule has 0 aromatic carbocycles. The van der Waals surface area contributed by atoms with Crippen molar-refractivity contribution in [3.63, 3.8) is 0 Å². The minimum Gasteiger partial charge on any atom is -0.444 e. The number of guanidine groups is 1. The fourth-order valence-electron chi connectivity index (χ4n) is 1.83. The van der Waals surface area contributed by atoms with Crippen LogP contribution in [0.1, 0.15) is 33.4 Å². The number of amides is 1. The summed E-state index contributed by atoms with van der Waals surface area (Å²) in [7, 11) is 0. The fourth-order valence-corrected chi connectivity index (χ4v) is 1.83. The fraction of sp³-hybridized carbons (Fsp3) is 0.588. The highest BCUT2D eigenvalue weighted by Gasteiger charge is 2.15. The standard InChI is InChI=1S/C17H29N5O2/c1-5-18-15(20-11-9-14-8-6-7-10-19-14)21-12-13-22-16(23)24-17(2,3)4/h6-8,10H,5,9,11-13H2,1-4H3,(H,22,23)(H2,18,20,21). The summed E-state index contributed by atoms with van der Waals surface area (Å²) in [4.78, 5) is 20.3. The van der Waals surface area contributed by atoms with Crippen molar-refractivity contribution in [3.05, 3.63) is 30.1 Å². The quantitative estimate of drug-likeness (QED) is 0.401. The first-order chi connectivity index (χ1) is 11.4. The SMILES string of the molecule is CCNC(=NCCc1ccccn1)NCCNC(=O)OC(C)(C)C. The van der Waals surface area contributed by atoms with E-state index in [4.69, 9.17) is 4.74 Å². The zero-order valence-corrected chi connectivity index (χ0v) is 15.1. The van der Waals surface area contributed by atoms with Gasteiger partial charge in [-0.15, -0.1) is 0 Å². The van der Waals surface area contributed by atoms with Crippen LogP contribution in [0.15, 0.2) is 29.4 Å². The second kappa shape index (κ2) is 10.5. The van der Waals surface area contributed by atoms with Gasteiger partial charge >= 0.3 is 6.09 Å². The summed E-state index contributed by atoms with van der Waals surface area (Å²) in [5, 5.41) is 9.05. The Morgan fingerprint density at radius 1 is 1.21 bits per heavy atom. The molecule has 0 saturated heterocycles. The van der Waals surface area contributed by atoms with Gasteiger partial charge in [0.25, 0.3) is 0 Å². The number of ether oxygens (including phenoxy) is 1. The third kappa shape index (κ3) is 9.66. The molecule has 7 nitrogen and oxygen atoms in total. The molecule has 7 heteroatoms. The number of alkyl carbamates (subject to hydrolysis) is 1. The van der Waals surface area contributed by atoms with Gasteiger partial charge in [0.15, 0.2) is 5.96 Å². The smallest absolute Gasteiger partial charge is 0.407 e. The second-order valence-corrected chi connectivity index (χ2v) is 6.19. The van der Waals surface area contributed by atoms with Crippen molar-refractivity contribution >= 4 is 12.1 Å². The van der Waals surface area contributed by atoms with E-state index in [1.54, 1.807) is 6.20 Å². The predicted octanol–water partition coefficient (Wildman–Crippen LogP) is 1.70. The lowest BCUT2D eigenvalue weighted by Crippen LogP contribution is -2.42. The monoisotopic (exact) mass is 335 g/mol. The molecule has 0 bridgehead atoms. The normalized spacial score (nSPS) is 11.8. The Morgan fingerprint density at radius 2 is 1.96 bits per heavy atom. The van der Waals surface area contributed by atoms with E-state index in [0.29, 0.717) is 19.6 Å². The Labute approximate surface area is 144 Å². The lowest BCUT2D eigenvalue weighted by molar-refractivity contribution is 0.0529. The summed E-state index contributed by atoms with van der Waals surface area (Å²) in [5.74, 6) is 0.722. The first-order valence-corrected chi connectivity index (χ1v) is 8.29. The number of hydrogen-bond donors (Lipinski definition) is 3. The van der Waals surface area contributed by atoms with Gasteiger partial charge in [-0.25, -0.2) is 4.79 Å². The van der Waals surface area contributed by atoms with E-state index in [9.17, 15) is 4.79 Å². The Balaban J connectivity index is 2.29. The van der Waals surface area contributed by atoms with Crippen molar-refractivity contribution in [1.82, 2.24) is 20.9 Å². The Kier molecular flexibility index (Phi) is 8.60. The highest BCUT2D eigenvalue weighted by Crippen LogP contribution is 2.05. The summed E-state index contributed by atoms with van der Waals surface area (Å²) >= 11 is 0. The second-order valence-electron chi connectivity index (χ2n) is 6.19. The van der Waals surface area contributed by atoms with Gasteiger partial charge in [-0.2, -0.15) is 0 Å². The molecule has 1 rings (SSSR count). The van der Waals surface area contributed by atoms with Gasteiger partial charge in [-0.3, -0.25) is 9.98 Å². The molecule has 0 aliphatic carbocycles.